The van der Waals surface area contributed by atoms with Crippen LogP contribution in [0.2, 0.25) is 0 Å². The van der Waals surface area contributed by atoms with Crippen LogP contribution in [0.1, 0.15) is 89.2 Å². The Balaban J connectivity index is 1.13. The smallest absolute Gasteiger partial charge is 0.248 e. The van der Waals surface area contributed by atoms with Crippen molar-refractivity contribution in [3.8, 4) is 0 Å². The number of para-hydroxylation sites is 2. The van der Waals surface area contributed by atoms with E-state index in [9.17, 15) is 4.79 Å². The minimum atomic E-state index is 0.0351. The van der Waals surface area contributed by atoms with E-state index in [0.717, 1.165) is 103 Å². The second kappa shape index (κ2) is 16.2. The Kier molecular flexibility index (Phi) is 11.3. The maximum Gasteiger partial charge on any atom is 0.248 e. The number of amides is 1. The van der Waals surface area contributed by atoms with Crippen LogP contribution < -0.4 is 11.0 Å². The van der Waals surface area contributed by atoms with Crippen molar-refractivity contribution in [1.82, 2.24) is 24.0 Å². The number of unbranched alkanes of at least 4 members (excludes halogenated alkanes) is 1. The van der Waals surface area contributed by atoms with Crippen LogP contribution in [0, 0.1) is 0 Å². The zero-order valence-electron chi connectivity index (χ0n) is 28.3. The second-order valence-corrected chi connectivity index (χ2v) is 13.3. The minimum Gasteiger partial charge on any atom is -0.339 e. The SMILES string of the molecule is C=C(C)C(=O)N(CCCCN=c1c2ccccc2nc2n1CCCCCC2)CCCN=c1c2ccccc2nc2n1CCCCCC2. The molecule has 8 heteroatoms. The molecule has 2 aliphatic rings. The van der Waals surface area contributed by atoms with E-state index in [2.05, 4.69) is 64.2 Å². The highest BCUT2D eigenvalue weighted by Crippen LogP contribution is 2.17. The first kappa shape index (κ1) is 32.9. The van der Waals surface area contributed by atoms with Crippen LogP contribution in [0.4, 0.5) is 0 Å². The summed E-state index contributed by atoms with van der Waals surface area (Å²) in [6, 6.07) is 16.8. The Morgan fingerprint density at radius 3 is 1.74 bits per heavy atom. The minimum absolute atomic E-state index is 0.0351. The van der Waals surface area contributed by atoms with Gasteiger partial charge in [0.15, 0.2) is 0 Å². The maximum absolute atomic E-state index is 13.1. The van der Waals surface area contributed by atoms with Crippen LogP contribution in [0.15, 0.2) is 70.7 Å². The molecule has 0 unspecified atom stereocenters. The van der Waals surface area contributed by atoms with Crippen molar-refractivity contribution < 1.29 is 4.79 Å². The van der Waals surface area contributed by atoms with Gasteiger partial charge in [-0.25, -0.2) is 9.97 Å². The highest BCUT2D eigenvalue weighted by molar-refractivity contribution is 5.92. The molecule has 2 aromatic carbocycles. The van der Waals surface area contributed by atoms with Crippen molar-refractivity contribution in [1.29, 1.82) is 0 Å². The lowest BCUT2D eigenvalue weighted by molar-refractivity contribution is -0.127. The number of benzene rings is 2. The van der Waals surface area contributed by atoms with Gasteiger partial charge in [0.2, 0.25) is 5.91 Å². The van der Waals surface area contributed by atoms with Crippen LogP contribution in [0.5, 0.6) is 0 Å². The third-order valence-electron chi connectivity index (χ3n) is 9.59. The average molecular weight is 634 g/mol. The van der Waals surface area contributed by atoms with E-state index in [-0.39, 0.29) is 5.91 Å². The number of fused-ring (bicyclic) bond motifs is 4. The Labute approximate surface area is 279 Å². The first-order chi connectivity index (χ1) is 23.1. The first-order valence-electron chi connectivity index (χ1n) is 18.0. The fraction of sp³-hybridized carbons (Fsp3) is 0.513. The van der Waals surface area contributed by atoms with Gasteiger partial charge in [-0.3, -0.25) is 14.8 Å². The van der Waals surface area contributed by atoms with Gasteiger partial charge in [-0.05, 0) is 76.1 Å². The van der Waals surface area contributed by atoms with Gasteiger partial charge in [0.05, 0.1) is 11.0 Å². The lowest BCUT2D eigenvalue weighted by Crippen LogP contribution is -2.34. The molecule has 1 amide bonds. The Morgan fingerprint density at radius 1 is 0.702 bits per heavy atom. The molecular formula is C39H51N7O. The van der Waals surface area contributed by atoms with Gasteiger partial charge in [0, 0.05) is 68.5 Å². The molecule has 2 aromatic heterocycles. The van der Waals surface area contributed by atoms with Gasteiger partial charge in [-0.1, -0.05) is 56.5 Å². The molecule has 47 heavy (non-hydrogen) atoms. The number of aryl methyl sites for hydroxylation is 2. The van der Waals surface area contributed by atoms with E-state index in [4.69, 9.17) is 20.0 Å². The molecule has 0 aliphatic carbocycles. The largest absolute Gasteiger partial charge is 0.339 e. The third kappa shape index (κ3) is 8.09. The fourth-order valence-corrected chi connectivity index (χ4v) is 7.09. The van der Waals surface area contributed by atoms with Crippen molar-refractivity contribution in [2.24, 2.45) is 9.98 Å². The average Bonchev–Trinajstić information content (AvgIpc) is 3.06. The summed E-state index contributed by atoms with van der Waals surface area (Å²) in [5.41, 5.74) is 4.75. The van der Waals surface area contributed by atoms with E-state index < -0.39 is 0 Å². The number of hydrogen-bond donors (Lipinski definition) is 0. The number of nitrogens with zero attached hydrogens (tertiary/aromatic N) is 7. The molecule has 4 aromatic rings. The number of carbonyl (C=O) groups is 1. The molecule has 0 saturated carbocycles. The predicted molar refractivity (Wildman–Crippen MR) is 190 cm³/mol. The topological polar surface area (TPSA) is 80.7 Å². The zero-order chi connectivity index (χ0) is 32.4. The van der Waals surface area contributed by atoms with Gasteiger partial charge in [0.1, 0.15) is 22.6 Å². The molecule has 0 spiro atoms. The number of carbonyl (C=O) groups excluding carboxylic acids is 1. The summed E-state index contributed by atoms with van der Waals surface area (Å²) < 4.78 is 4.72. The number of rotatable bonds is 10. The molecule has 0 fully saturated rings. The summed E-state index contributed by atoms with van der Waals surface area (Å²) in [6.07, 6.45) is 14.4. The molecule has 248 valence electrons. The van der Waals surface area contributed by atoms with Crippen LogP contribution in [0.3, 0.4) is 0 Å². The van der Waals surface area contributed by atoms with Crippen molar-refractivity contribution in [2.75, 3.05) is 26.2 Å². The number of aromatic nitrogens is 4. The maximum atomic E-state index is 13.1. The van der Waals surface area contributed by atoms with Gasteiger partial charge in [0.25, 0.3) is 0 Å². The monoisotopic (exact) mass is 633 g/mol. The molecule has 4 heterocycles. The van der Waals surface area contributed by atoms with E-state index in [0.29, 0.717) is 25.2 Å². The quantitative estimate of drug-likeness (QED) is 0.144. The molecule has 0 saturated heterocycles. The van der Waals surface area contributed by atoms with Gasteiger partial charge < -0.3 is 14.0 Å². The molecule has 0 radical (unpaired) electrons. The molecule has 8 nitrogen and oxygen atoms in total. The molecular weight excluding hydrogens is 582 g/mol. The third-order valence-corrected chi connectivity index (χ3v) is 9.59. The van der Waals surface area contributed by atoms with Gasteiger partial charge in [-0.15, -0.1) is 0 Å². The van der Waals surface area contributed by atoms with Crippen LogP contribution >= 0.6 is 0 Å². The Bertz CT molecular complexity index is 1850. The van der Waals surface area contributed by atoms with E-state index >= 15 is 0 Å². The van der Waals surface area contributed by atoms with E-state index in [1.165, 1.54) is 44.9 Å². The Morgan fingerprint density at radius 2 is 1.19 bits per heavy atom. The highest BCUT2D eigenvalue weighted by Gasteiger charge is 2.15. The van der Waals surface area contributed by atoms with Crippen molar-refractivity contribution in [3.63, 3.8) is 0 Å². The normalized spacial score (nSPS) is 16.2. The highest BCUT2D eigenvalue weighted by atomic mass is 16.2. The van der Waals surface area contributed by atoms with Crippen molar-refractivity contribution >= 4 is 27.7 Å². The molecule has 0 bridgehead atoms. The molecule has 0 N–H and O–H groups in total. The predicted octanol–water partition coefficient (Wildman–Crippen LogP) is 6.70. The summed E-state index contributed by atoms with van der Waals surface area (Å²) in [4.78, 5) is 35.5. The molecule has 0 atom stereocenters. The standard InChI is InChI=1S/C39H51N7O/c1-30(2)39(47)44(27-17-25-41-38-32-19-10-12-21-34(32)43-36-23-8-4-6-15-29-46(36)38)26-16-13-24-40-37-31-18-9-11-20-33(31)42-35-22-7-3-5-14-28-45(35)37/h9-12,18-21H,1,3-8,13-17,22-29H2,2H3. The summed E-state index contributed by atoms with van der Waals surface area (Å²) in [6.45, 7) is 10.5. The van der Waals surface area contributed by atoms with Gasteiger partial charge in [-0.2, -0.15) is 0 Å². The lowest BCUT2D eigenvalue weighted by Gasteiger charge is -2.22. The molecule has 2 aliphatic heterocycles. The van der Waals surface area contributed by atoms with Gasteiger partial charge >= 0.3 is 0 Å². The summed E-state index contributed by atoms with van der Waals surface area (Å²) >= 11 is 0. The number of hydrogen-bond acceptors (Lipinski definition) is 5. The second-order valence-electron chi connectivity index (χ2n) is 13.3. The van der Waals surface area contributed by atoms with E-state index in [1.807, 2.05) is 11.8 Å². The Hall–Kier alpha value is -4.07. The summed E-state index contributed by atoms with van der Waals surface area (Å²) in [5.74, 6) is 2.35. The van der Waals surface area contributed by atoms with Crippen LogP contribution in [-0.2, 0) is 30.7 Å². The van der Waals surface area contributed by atoms with Crippen LogP contribution in [-0.4, -0.2) is 56.1 Å². The zero-order valence-corrected chi connectivity index (χ0v) is 28.3. The van der Waals surface area contributed by atoms with Crippen molar-refractivity contribution in [3.05, 3.63) is 83.3 Å². The van der Waals surface area contributed by atoms with Crippen LogP contribution in [0.25, 0.3) is 21.8 Å². The lowest BCUT2D eigenvalue weighted by atomic mass is 10.1. The summed E-state index contributed by atoms with van der Waals surface area (Å²) in [5, 5.41) is 2.25. The fourth-order valence-electron chi connectivity index (χ4n) is 7.09. The van der Waals surface area contributed by atoms with E-state index in [1.54, 1.807) is 0 Å². The first-order valence-corrected chi connectivity index (χ1v) is 18.0. The molecule has 6 rings (SSSR count). The van der Waals surface area contributed by atoms with Crippen molar-refractivity contribution in [2.45, 2.75) is 103 Å². The summed E-state index contributed by atoms with van der Waals surface area (Å²) in [7, 11) is 0.